The molecule has 1 fully saturated rings. The van der Waals surface area contributed by atoms with Crippen molar-refractivity contribution in [3.05, 3.63) is 35.2 Å². The topological polar surface area (TPSA) is 70.1 Å². The first-order valence-corrected chi connectivity index (χ1v) is 4.27. The van der Waals surface area contributed by atoms with Crippen LogP contribution in [0.5, 0.6) is 0 Å². The molecule has 1 aromatic carbocycles. The summed E-state index contributed by atoms with van der Waals surface area (Å²) >= 11 is 0. The molecule has 0 saturated carbocycles. The van der Waals surface area contributed by atoms with Gasteiger partial charge in [-0.25, -0.2) is 9.69 Å². The lowest BCUT2D eigenvalue weighted by Crippen LogP contribution is -2.30. The van der Waals surface area contributed by atoms with Gasteiger partial charge in [-0.15, -0.1) is 4.91 Å². The number of imide groups is 1. The summed E-state index contributed by atoms with van der Waals surface area (Å²) in [5.74, 6) is -0.453. The molecule has 2 rings (SSSR count). The Labute approximate surface area is 85.0 Å². The summed E-state index contributed by atoms with van der Waals surface area (Å²) in [6, 6.07) is 7.69. The fraction of sp³-hybridized carbons (Fsp3) is 0.111. The van der Waals surface area contributed by atoms with E-state index in [2.05, 4.69) is 5.29 Å². The van der Waals surface area contributed by atoms with Gasteiger partial charge < -0.3 is 0 Å². The average Bonchev–Trinajstić information content (AvgIpc) is 2.55. The van der Waals surface area contributed by atoms with E-state index in [1.165, 1.54) is 0 Å². The Morgan fingerprint density at radius 2 is 1.80 bits per heavy atom. The van der Waals surface area contributed by atoms with Crippen LogP contribution < -0.4 is 4.90 Å². The lowest BCUT2D eigenvalue weighted by molar-refractivity contribution is -0.116. The average molecular weight is 205 g/mol. The van der Waals surface area contributed by atoms with Crippen LogP contribution in [0.15, 0.2) is 35.6 Å². The van der Waals surface area contributed by atoms with E-state index in [4.69, 9.17) is 0 Å². The minimum absolute atomic E-state index is 0.294. The van der Waals surface area contributed by atoms with Crippen molar-refractivity contribution in [3.63, 3.8) is 0 Å². The van der Waals surface area contributed by atoms with E-state index in [9.17, 15) is 14.5 Å². The zero-order valence-electron chi connectivity index (χ0n) is 7.66. The molecule has 0 aromatic heterocycles. The summed E-state index contributed by atoms with van der Waals surface area (Å²) in [4.78, 5) is 34.1. The first-order chi connectivity index (χ1) is 7.24. The van der Waals surface area contributed by atoms with E-state index in [-0.39, 0.29) is 6.54 Å². The smallest absolute Gasteiger partial charge is 0.272 e. The highest BCUT2D eigenvalue weighted by Gasteiger charge is 2.38. The van der Waals surface area contributed by atoms with Gasteiger partial charge in [0.05, 0.1) is 11.0 Å². The molecular formula is C9H7N3O3. The number of urea groups is 1. The first-order valence-electron chi connectivity index (χ1n) is 4.27. The SMILES string of the molecule is O=NN1CC(=O)N(c2ccccc2)C1=O. The van der Waals surface area contributed by atoms with Gasteiger partial charge in [-0.2, -0.15) is 5.01 Å². The Balaban J connectivity index is 2.35. The normalized spacial score (nSPS) is 16.0. The molecule has 0 aliphatic carbocycles. The molecule has 0 spiro atoms. The predicted octanol–water partition coefficient (Wildman–Crippen LogP) is 1.14. The van der Waals surface area contributed by atoms with Crippen LogP contribution >= 0.6 is 0 Å². The third-order valence-corrected chi connectivity index (χ3v) is 2.06. The number of carbonyl (C=O) groups is 2. The summed E-state index contributed by atoms with van der Waals surface area (Å²) in [5.41, 5.74) is 0.443. The molecule has 1 aromatic rings. The lowest BCUT2D eigenvalue weighted by atomic mass is 10.3. The van der Waals surface area contributed by atoms with Gasteiger partial charge in [-0.05, 0) is 12.1 Å². The second-order valence-corrected chi connectivity index (χ2v) is 2.99. The van der Waals surface area contributed by atoms with Crippen LogP contribution in [0.2, 0.25) is 0 Å². The summed E-state index contributed by atoms with van der Waals surface area (Å²) < 4.78 is 0. The molecule has 1 aliphatic rings. The first kappa shape index (κ1) is 9.32. The van der Waals surface area contributed by atoms with Gasteiger partial charge in [0.1, 0.15) is 6.54 Å². The molecule has 1 aliphatic heterocycles. The maximum absolute atomic E-state index is 11.5. The number of carbonyl (C=O) groups excluding carboxylic acids is 2. The Morgan fingerprint density at radius 3 is 2.33 bits per heavy atom. The fourth-order valence-corrected chi connectivity index (χ4v) is 1.38. The van der Waals surface area contributed by atoms with Crippen molar-refractivity contribution in [2.24, 2.45) is 5.29 Å². The van der Waals surface area contributed by atoms with Gasteiger partial charge in [-0.1, -0.05) is 18.2 Å². The number of para-hydroxylation sites is 1. The van der Waals surface area contributed by atoms with Crippen LogP contribution in [0.4, 0.5) is 10.5 Å². The number of anilines is 1. The number of amides is 3. The maximum atomic E-state index is 11.5. The van der Waals surface area contributed by atoms with E-state index < -0.39 is 11.9 Å². The number of hydrogen-bond acceptors (Lipinski definition) is 4. The Bertz CT molecular complexity index is 418. The van der Waals surface area contributed by atoms with Gasteiger partial charge in [0.25, 0.3) is 5.91 Å². The van der Waals surface area contributed by atoms with Crippen LogP contribution in [0, 0.1) is 4.91 Å². The minimum atomic E-state index is -0.707. The third kappa shape index (κ3) is 1.45. The van der Waals surface area contributed by atoms with Crippen LogP contribution in [0.25, 0.3) is 0 Å². The maximum Gasteiger partial charge on any atom is 0.354 e. The van der Waals surface area contributed by atoms with Crippen molar-refractivity contribution in [1.29, 1.82) is 0 Å². The van der Waals surface area contributed by atoms with Crippen molar-refractivity contribution in [3.8, 4) is 0 Å². The zero-order chi connectivity index (χ0) is 10.8. The molecule has 0 bridgehead atoms. The van der Waals surface area contributed by atoms with Crippen molar-refractivity contribution in [2.75, 3.05) is 11.4 Å². The molecule has 0 N–H and O–H groups in total. The van der Waals surface area contributed by atoms with E-state index >= 15 is 0 Å². The summed E-state index contributed by atoms with van der Waals surface area (Å²) in [7, 11) is 0. The van der Waals surface area contributed by atoms with E-state index in [1.54, 1.807) is 30.3 Å². The monoisotopic (exact) mass is 205 g/mol. The van der Waals surface area contributed by atoms with Crippen molar-refractivity contribution in [1.82, 2.24) is 5.01 Å². The molecule has 1 heterocycles. The molecule has 0 atom stereocenters. The molecule has 76 valence electrons. The predicted molar refractivity (Wildman–Crippen MR) is 51.8 cm³/mol. The summed E-state index contributed by atoms with van der Waals surface area (Å²) in [5, 5.41) is 3.06. The largest absolute Gasteiger partial charge is 0.354 e. The number of nitroso groups, excluding NO2 is 1. The van der Waals surface area contributed by atoms with E-state index in [0.717, 1.165) is 4.90 Å². The Hall–Kier alpha value is -2.24. The Kier molecular flexibility index (Phi) is 2.17. The highest BCUT2D eigenvalue weighted by Crippen LogP contribution is 2.20. The van der Waals surface area contributed by atoms with Gasteiger partial charge in [0.2, 0.25) is 0 Å². The van der Waals surface area contributed by atoms with E-state index in [0.29, 0.717) is 10.7 Å². The molecule has 15 heavy (non-hydrogen) atoms. The molecular weight excluding hydrogens is 198 g/mol. The third-order valence-electron chi connectivity index (χ3n) is 2.06. The number of benzene rings is 1. The van der Waals surface area contributed by atoms with Crippen molar-refractivity contribution in [2.45, 2.75) is 0 Å². The molecule has 6 nitrogen and oxygen atoms in total. The standard InChI is InChI=1S/C9H7N3O3/c13-8-6-11(10-15)9(14)12(8)7-4-2-1-3-5-7/h1-5H,6H2. The lowest BCUT2D eigenvalue weighted by Gasteiger charge is -2.12. The summed E-state index contributed by atoms with van der Waals surface area (Å²) in [6.07, 6.45) is 0. The molecule has 1 saturated heterocycles. The van der Waals surface area contributed by atoms with Gasteiger partial charge >= 0.3 is 6.03 Å². The van der Waals surface area contributed by atoms with E-state index in [1.807, 2.05) is 0 Å². The fourth-order valence-electron chi connectivity index (χ4n) is 1.38. The van der Waals surface area contributed by atoms with Crippen LogP contribution in [0.1, 0.15) is 0 Å². The van der Waals surface area contributed by atoms with Gasteiger partial charge in [0.15, 0.2) is 0 Å². The Morgan fingerprint density at radius 1 is 1.13 bits per heavy atom. The molecule has 6 heteroatoms. The molecule has 3 amide bonds. The number of nitrogens with zero attached hydrogens (tertiary/aromatic N) is 3. The van der Waals surface area contributed by atoms with Gasteiger partial charge in [0, 0.05) is 0 Å². The summed E-state index contributed by atoms with van der Waals surface area (Å²) in [6.45, 7) is -0.294. The second-order valence-electron chi connectivity index (χ2n) is 2.99. The number of hydrogen-bond donors (Lipinski definition) is 0. The number of rotatable bonds is 2. The van der Waals surface area contributed by atoms with Gasteiger partial charge in [-0.3, -0.25) is 4.79 Å². The van der Waals surface area contributed by atoms with Crippen LogP contribution in [0.3, 0.4) is 0 Å². The minimum Gasteiger partial charge on any atom is -0.272 e. The van der Waals surface area contributed by atoms with Crippen molar-refractivity contribution < 1.29 is 9.59 Å². The van der Waals surface area contributed by atoms with Crippen LogP contribution in [-0.2, 0) is 4.79 Å². The zero-order valence-corrected chi connectivity index (χ0v) is 7.66. The molecule has 0 unspecified atom stereocenters. The quantitative estimate of drug-likeness (QED) is 0.536. The van der Waals surface area contributed by atoms with Crippen LogP contribution in [-0.4, -0.2) is 23.5 Å². The highest BCUT2D eigenvalue weighted by atomic mass is 16.3. The highest BCUT2D eigenvalue weighted by molar-refractivity contribution is 6.19. The van der Waals surface area contributed by atoms with Crippen molar-refractivity contribution >= 4 is 17.6 Å². The second kappa shape index (κ2) is 3.49. The molecule has 0 radical (unpaired) electrons.